The molecule has 0 aliphatic rings. The first kappa shape index (κ1) is 70.1. The van der Waals surface area contributed by atoms with Crippen LogP contribution in [0.25, 0.3) is 0 Å². The summed E-state index contributed by atoms with van der Waals surface area (Å²) in [6, 6.07) is 0. The number of hydrogen-bond acceptors (Lipinski definition) is 6. The minimum absolute atomic E-state index is 0.0958. The zero-order valence-corrected chi connectivity index (χ0v) is 48.3. The highest BCUT2D eigenvalue weighted by molar-refractivity contribution is 5.71. The fraction of sp³-hybridized carbons (Fsp3) is 0.691. The van der Waals surface area contributed by atoms with Gasteiger partial charge in [0, 0.05) is 19.3 Å². The molecule has 0 aromatic heterocycles. The van der Waals surface area contributed by atoms with E-state index in [1.807, 2.05) is 0 Å². The Morgan fingerprint density at radius 3 is 0.865 bits per heavy atom. The zero-order chi connectivity index (χ0) is 53.6. The summed E-state index contributed by atoms with van der Waals surface area (Å²) in [6.07, 6.45) is 83.7. The molecule has 0 saturated carbocycles. The highest BCUT2D eigenvalue weighted by Gasteiger charge is 2.19. The summed E-state index contributed by atoms with van der Waals surface area (Å²) >= 11 is 0. The molecule has 0 aromatic rings. The van der Waals surface area contributed by atoms with E-state index in [0.29, 0.717) is 19.3 Å². The third-order valence-electron chi connectivity index (χ3n) is 13.0. The predicted octanol–water partition coefficient (Wildman–Crippen LogP) is 21.0. The molecule has 6 heteroatoms. The van der Waals surface area contributed by atoms with Gasteiger partial charge in [-0.3, -0.25) is 14.4 Å². The molecule has 6 nitrogen and oxygen atoms in total. The van der Waals surface area contributed by atoms with Gasteiger partial charge in [0.2, 0.25) is 0 Å². The van der Waals surface area contributed by atoms with Crippen molar-refractivity contribution >= 4 is 17.9 Å². The van der Waals surface area contributed by atoms with E-state index >= 15 is 0 Å². The summed E-state index contributed by atoms with van der Waals surface area (Å²) in [6.45, 7) is 6.39. The fourth-order valence-electron chi connectivity index (χ4n) is 8.42. The van der Waals surface area contributed by atoms with Gasteiger partial charge in [0.25, 0.3) is 0 Å². The standard InChI is InChI=1S/C68H114O6/c1-4-7-10-13-16-19-22-25-28-30-32-33-34-35-36-38-40-43-46-49-52-55-58-61-67(70)73-64-65(63-72-66(69)60-57-54-51-48-45-42-39-27-24-21-18-15-12-9-6-3)74-68(71)62-59-56-53-50-47-44-41-37-31-29-26-23-20-17-14-11-8-5-2/h7,9-10,12,16,18-19,21,25,27-29,31-33,39,45,48,65H,4-6,8,11,13-15,17,20,22-24,26,30,34-38,40-44,46-47,49-64H2,1-3H3/b10-7-,12-9-,19-16-,21-18-,28-25-,31-29-,33-32-,39-27-,48-45-. The van der Waals surface area contributed by atoms with Gasteiger partial charge in [0.15, 0.2) is 6.10 Å². The fourth-order valence-corrected chi connectivity index (χ4v) is 8.42. The van der Waals surface area contributed by atoms with Crippen LogP contribution < -0.4 is 0 Å². The van der Waals surface area contributed by atoms with Gasteiger partial charge in [-0.25, -0.2) is 0 Å². The minimum atomic E-state index is -0.802. The smallest absolute Gasteiger partial charge is 0.306 e. The van der Waals surface area contributed by atoms with Crippen molar-refractivity contribution < 1.29 is 28.6 Å². The third-order valence-corrected chi connectivity index (χ3v) is 13.0. The van der Waals surface area contributed by atoms with Crippen LogP contribution >= 0.6 is 0 Å². The van der Waals surface area contributed by atoms with Crippen molar-refractivity contribution in [1.29, 1.82) is 0 Å². The SMILES string of the molecule is CC/C=C\C/C=C\C/C=C\C/C=C\CCCCCCCCCCCCC(=O)OCC(COC(=O)CCCC/C=C\C/C=C\C/C=C\C/C=C\CC)OC(=O)CCCCCCCCC/C=C\CCCCCCCCC. The summed E-state index contributed by atoms with van der Waals surface area (Å²) < 4.78 is 16.9. The maximum atomic E-state index is 12.9. The van der Waals surface area contributed by atoms with Gasteiger partial charge in [-0.2, -0.15) is 0 Å². The largest absolute Gasteiger partial charge is 0.462 e. The van der Waals surface area contributed by atoms with Crippen molar-refractivity contribution in [3.05, 3.63) is 109 Å². The molecular formula is C68H114O6. The molecule has 74 heavy (non-hydrogen) atoms. The summed E-state index contributed by atoms with van der Waals surface area (Å²) in [5.74, 6) is -0.942. The Balaban J connectivity index is 4.41. The monoisotopic (exact) mass is 1030 g/mol. The summed E-state index contributed by atoms with van der Waals surface area (Å²) in [5.41, 5.74) is 0. The molecule has 0 bridgehead atoms. The second-order valence-corrected chi connectivity index (χ2v) is 20.2. The molecule has 0 saturated heterocycles. The Morgan fingerprint density at radius 2 is 0.527 bits per heavy atom. The summed E-state index contributed by atoms with van der Waals surface area (Å²) in [5, 5.41) is 0. The Bertz CT molecular complexity index is 1510. The molecule has 1 unspecified atom stereocenters. The van der Waals surface area contributed by atoms with Crippen LogP contribution in [0.2, 0.25) is 0 Å². The molecule has 0 aliphatic heterocycles. The number of unbranched alkanes of at least 4 members (excludes halogenated alkanes) is 26. The third kappa shape index (κ3) is 59.0. The van der Waals surface area contributed by atoms with E-state index in [1.165, 1.54) is 135 Å². The van der Waals surface area contributed by atoms with Gasteiger partial charge in [-0.05, 0) is 122 Å². The molecule has 0 radical (unpaired) electrons. The molecule has 0 fully saturated rings. The van der Waals surface area contributed by atoms with Gasteiger partial charge in [-0.1, -0.05) is 252 Å². The molecule has 0 aromatic carbocycles. The first-order chi connectivity index (χ1) is 36.5. The van der Waals surface area contributed by atoms with Crippen molar-refractivity contribution in [2.75, 3.05) is 13.2 Å². The molecule has 1 atom stereocenters. The van der Waals surface area contributed by atoms with Crippen LogP contribution in [-0.2, 0) is 28.6 Å². The lowest BCUT2D eigenvalue weighted by Crippen LogP contribution is -2.30. The second kappa shape index (κ2) is 61.6. The van der Waals surface area contributed by atoms with Gasteiger partial charge in [0.05, 0.1) is 0 Å². The van der Waals surface area contributed by atoms with Gasteiger partial charge >= 0.3 is 17.9 Å². The molecule has 0 aliphatic carbocycles. The molecule has 0 N–H and O–H groups in total. The molecule has 422 valence electrons. The van der Waals surface area contributed by atoms with Crippen LogP contribution in [0.1, 0.15) is 284 Å². The number of rotatable bonds is 55. The van der Waals surface area contributed by atoms with Gasteiger partial charge in [0.1, 0.15) is 13.2 Å². The highest BCUT2D eigenvalue weighted by atomic mass is 16.6. The van der Waals surface area contributed by atoms with Crippen LogP contribution in [-0.4, -0.2) is 37.2 Å². The summed E-state index contributed by atoms with van der Waals surface area (Å²) in [7, 11) is 0. The lowest BCUT2D eigenvalue weighted by molar-refractivity contribution is -0.167. The van der Waals surface area contributed by atoms with Crippen LogP contribution in [0.3, 0.4) is 0 Å². The van der Waals surface area contributed by atoms with E-state index in [4.69, 9.17) is 14.2 Å². The second-order valence-electron chi connectivity index (χ2n) is 20.2. The maximum Gasteiger partial charge on any atom is 0.306 e. The highest BCUT2D eigenvalue weighted by Crippen LogP contribution is 2.15. The van der Waals surface area contributed by atoms with E-state index < -0.39 is 6.10 Å². The van der Waals surface area contributed by atoms with Crippen molar-refractivity contribution in [3.8, 4) is 0 Å². The predicted molar refractivity (Wildman–Crippen MR) is 320 cm³/mol. The van der Waals surface area contributed by atoms with E-state index in [2.05, 4.69) is 130 Å². The molecule has 0 spiro atoms. The lowest BCUT2D eigenvalue weighted by Gasteiger charge is -2.18. The Labute approximate surface area is 457 Å². The average molecular weight is 1030 g/mol. The Hall–Kier alpha value is -3.93. The topological polar surface area (TPSA) is 78.9 Å². The average Bonchev–Trinajstić information content (AvgIpc) is 3.40. The van der Waals surface area contributed by atoms with Gasteiger partial charge in [-0.15, -0.1) is 0 Å². The van der Waals surface area contributed by atoms with Crippen LogP contribution in [0.4, 0.5) is 0 Å². The minimum Gasteiger partial charge on any atom is -0.462 e. The van der Waals surface area contributed by atoms with Crippen molar-refractivity contribution in [2.24, 2.45) is 0 Å². The molecular weight excluding hydrogens is 913 g/mol. The van der Waals surface area contributed by atoms with Crippen LogP contribution in [0.5, 0.6) is 0 Å². The normalized spacial score (nSPS) is 12.9. The van der Waals surface area contributed by atoms with Gasteiger partial charge < -0.3 is 14.2 Å². The van der Waals surface area contributed by atoms with Crippen molar-refractivity contribution in [1.82, 2.24) is 0 Å². The summed E-state index contributed by atoms with van der Waals surface area (Å²) in [4.78, 5) is 38.3. The first-order valence-corrected chi connectivity index (χ1v) is 30.9. The number of esters is 3. The molecule has 0 amide bonds. The zero-order valence-electron chi connectivity index (χ0n) is 48.3. The van der Waals surface area contributed by atoms with E-state index in [0.717, 1.165) is 109 Å². The number of allylic oxidation sites excluding steroid dienone is 18. The van der Waals surface area contributed by atoms with Crippen LogP contribution in [0.15, 0.2) is 109 Å². The number of carbonyl (C=O) groups is 3. The Morgan fingerprint density at radius 1 is 0.284 bits per heavy atom. The lowest BCUT2D eigenvalue weighted by atomic mass is 10.1. The first-order valence-electron chi connectivity index (χ1n) is 30.9. The van der Waals surface area contributed by atoms with Crippen molar-refractivity contribution in [3.63, 3.8) is 0 Å². The quantitative estimate of drug-likeness (QED) is 0.0261. The molecule has 0 rings (SSSR count). The number of carbonyl (C=O) groups excluding carboxylic acids is 3. The number of hydrogen-bond donors (Lipinski definition) is 0. The van der Waals surface area contributed by atoms with Crippen LogP contribution in [0, 0.1) is 0 Å². The van der Waals surface area contributed by atoms with E-state index in [1.54, 1.807) is 0 Å². The maximum absolute atomic E-state index is 12.9. The van der Waals surface area contributed by atoms with E-state index in [-0.39, 0.29) is 31.1 Å². The Kier molecular flexibility index (Phi) is 58.3. The number of ether oxygens (including phenoxy) is 3. The molecule has 0 heterocycles. The van der Waals surface area contributed by atoms with Crippen molar-refractivity contribution in [2.45, 2.75) is 290 Å². The van der Waals surface area contributed by atoms with E-state index in [9.17, 15) is 14.4 Å².